The van der Waals surface area contributed by atoms with E-state index in [1.807, 2.05) is 0 Å². The van der Waals surface area contributed by atoms with Crippen molar-refractivity contribution < 1.29 is 23.1 Å². The largest absolute Gasteiger partial charge is 0.481 e. The Kier molecular flexibility index (Phi) is 4.00. The van der Waals surface area contributed by atoms with Crippen LogP contribution in [0.3, 0.4) is 0 Å². The van der Waals surface area contributed by atoms with Gasteiger partial charge in [0.25, 0.3) is 0 Å². The molecular weight excluding hydrogens is 339 g/mol. The Morgan fingerprint density at radius 2 is 2.15 bits per heavy atom. The van der Waals surface area contributed by atoms with Gasteiger partial charge in [0.2, 0.25) is 0 Å². The van der Waals surface area contributed by atoms with Crippen molar-refractivity contribution in [3.05, 3.63) is 27.7 Å². The van der Waals surface area contributed by atoms with Crippen molar-refractivity contribution in [2.75, 3.05) is 11.9 Å². The predicted octanol–water partition coefficient (Wildman–Crippen LogP) is 3.39. The summed E-state index contributed by atoms with van der Waals surface area (Å²) in [6.45, 7) is 0. The SMILES string of the molecule is CN1c2c(Br)cc(CC(=O)O)cc2CCC1C(F)(F)F. The maximum absolute atomic E-state index is 12.9. The van der Waals surface area contributed by atoms with E-state index < -0.39 is 18.2 Å². The molecule has 2 rings (SSSR count). The third-order valence-corrected chi connectivity index (χ3v) is 4.05. The number of hydrogen-bond acceptors (Lipinski definition) is 2. The van der Waals surface area contributed by atoms with Gasteiger partial charge < -0.3 is 10.0 Å². The first-order valence-electron chi connectivity index (χ1n) is 6.02. The number of fused-ring (bicyclic) bond motifs is 1. The molecule has 1 atom stereocenters. The minimum absolute atomic E-state index is 0.0179. The van der Waals surface area contributed by atoms with E-state index in [1.54, 1.807) is 12.1 Å². The molecule has 20 heavy (non-hydrogen) atoms. The number of nitrogens with zero attached hydrogens (tertiary/aromatic N) is 1. The van der Waals surface area contributed by atoms with Crippen LogP contribution in [0.25, 0.3) is 0 Å². The molecule has 0 bridgehead atoms. The summed E-state index contributed by atoms with van der Waals surface area (Å²) >= 11 is 3.26. The van der Waals surface area contributed by atoms with Crippen molar-refractivity contribution in [3.63, 3.8) is 0 Å². The second kappa shape index (κ2) is 5.27. The van der Waals surface area contributed by atoms with Gasteiger partial charge in [-0.3, -0.25) is 4.79 Å². The standard InChI is InChI=1S/C13H13BrF3NO2/c1-18-10(13(15,16)17)3-2-8-4-7(6-11(19)20)5-9(14)12(8)18/h4-5,10H,2-3,6H2,1H3,(H,19,20). The number of aryl methyl sites for hydroxylation is 1. The summed E-state index contributed by atoms with van der Waals surface area (Å²) in [5, 5.41) is 8.79. The molecule has 0 aromatic heterocycles. The fraction of sp³-hybridized carbons (Fsp3) is 0.462. The zero-order chi connectivity index (χ0) is 15.1. The van der Waals surface area contributed by atoms with Crippen LogP contribution in [0, 0.1) is 0 Å². The molecule has 0 fully saturated rings. The highest BCUT2D eigenvalue weighted by molar-refractivity contribution is 9.10. The first-order valence-corrected chi connectivity index (χ1v) is 6.82. The number of halogens is 4. The van der Waals surface area contributed by atoms with Gasteiger partial charge in [-0.25, -0.2) is 0 Å². The third kappa shape index (κ3) is 2.92. The molecule has 1 aliphatic heterocycles. The first kappa shape index (κ1) is 15.2. The second-order valence-corrected chi connectivity index (χ2v) is 5.72. The van der Waals surface area contributed by atoms with Crippen LogP contribution in [0.4, 0.5) is 18.9 Å². The summed E-state index contributed by atoms with van der Waals surface area (Å²) in [5.74, 6) is -0.964. The molecule has 0 spiro atoms. The van der Waals surface area contributed by atoms with Gasteiger partial charge in [0, 0.05) is 11.5 Å². The summed E-state index contributed by atoms with van der Waals surface area (Å²) in [4.78, 5) is 11.9. The fourth-order valence-corrected chi connectivity index (χ4v) is 3.43. The molecule has 0 aliphatic carbocycles. The van der Waals surface area contributed by atoms with Crippen molar-refractivity contribution >= 4 is 27.6 Å². The molecule has 1 heterocycles. The number of carboxylic acid groups (broad SMARTS) is 1. The number of benzene rings is 1. The molecule has 0 radical (unpaired) electrons. The Hall–Kier alpha value is -1.24. The van der Waals surface area contributed by atoms with Gasteiger partial charge in [0.1, 0.15) is 6.04 Å². The highest BCUT2D eigenvalue weighted by Crippen LogP contribution is 2.41. The summed E-state index contributed by atoms with van der Waals surface area (Å²) in [7, 11) is 1.41. The quantitative estimate of drug-likeness (QED) is 0.887. The van der Waals surface area contributed by atoms with E-state index in [1.165, 1.54) is 11.9 Å². The lowest BCUT2D eigenvalue weighted by Crippen LogP contribution is -2.46. The smallest absolute Gasteiger partial charge is 0.408 e. The van der Waals surface area contributed by atoms with Gasteiger partial charge in [-0.15, -0.1) is 0 Å². The molecule has 1 aromatic rings. The molecule has 1 N–H and O–H groups in total. The summed E-state index contributed by atoms with van der Waals surface area (Å²) in [6, 6.07) is 1.75. The fourth-order valence-electron chi connectivity index (χ4n) is 2.61. The average Bonchev–Trinajstić information content (AvgIpc) is 2.25. The highest BCUT2D eigenvalue weighted by atomic mass is 79.9. The maximum Gasteiger partial charge on any atom is 0.408 e. The number of rotatable bonds is 2. The van der Waals surface area contributed by atoms with Crippen molar-refractivity contribution in [1.29, 1.82) is 0 Å². The van der Waals surface area contributed by atoms with Crippen molar-refractivity contribution in [2.45, 2.75) is 31.5 Å². The van der Waals surface area contributed by atoms with Gasteiger partial charge in [-0.05, 0) is 46.0 Å². The van der Waals surface area contributed by atoms with E-state index in [9.17, 15) is 18.0 Å². The van der Waals surface area contributed by atoms with Crippen LogP contribution in [0.5, 0.6) is 0 Å². The molecule has 110 valence electrons. The second-order valence-electron chi connectivity index (χ2n) is 4.86. The van der Waals surface area contributed by atoms with E-state index in [0.717, 1.165) is 5.56 Å². The summed E-state index contributed by atoms with van der Waals surface area (Å²) in [5.41, 5.74) is 1.83. The van der Waals surface area contributed by atoms with Crippen LogP contribution >= 0.6 is 15.9 Å². The van der Waals surface area contributed by atoms with Crippen molar-refractivity contribution in [1.82, 2.24) is 0 Å². The predicted molar refractivity (Wildman–Crippen MR) is 72.0 cm³/mol. The van der Waals surface area contributed by atoms with E-state index in [2.05, 4.69) is 15.9 Å². The monoisotopic (exact) mass is 351 g/mol. The van der Waals surface area contributed by atoms with Crippen LogP contribution in [-0.4, -0.2) is 30.3 Å². The molecule has 3 nitrogen and oxygen atoms in total. The van der Waals surface area contributed by atoms with Crippen LogP contribution in [-0.2, 0) is 17.6 Å². The van der Waals surface area contributed by atoms with Crippen molar-refractivity contribution in [3.8, 4) is 0 Å². The number of anilines is 1. The van der Waals surface area contributed by atoms with E-state index >= 15 is 0 Å². The Balaban J connectivity index is 2.40. The molecule has 1 aliphatic rings. The lowest BCUT2D eigenvalue weighted by Gasteiger charge is -2.38. The number of carbonyl (C=O) groups is 1. The van der Waals surface area contributed by atoms with E-state index in [0.29, 0.717) is 15.7 Å². The lowest BCUT2D eigenvalue weighted by molar-refractivity contribution is -0.150. The Morgan fingerprint density at radius 1 is 1.50 bits per heavy atom. The van der Waals surface area contributed by atoms with Crippen molar-refractivity contribution in [2.24, 2.45) is 0 Å². The molecule has 0 saturated heterocycles. The van der Waals surface area contributed by atoms with Crippen LogP contribution in [0.1, 0.15) is 17.5 Å². The number of alkyl halides is 3. The number of hydrogen-bond donors (Lipinski definition) is 1. The topological polar surface area (TPSA) is 40.5 Å². The van der Waals surface area contributed by atoms with Crippen LogP contribution in [0.2, 0.25) is 0 Å². The summed E-state index contributed by atoms with van der Waals surface area (Å²) in [6.07, 6.45) is -4.14. The lowest BCUT2D eigenvalue weighted by atomic mass is 9.94. The van der Waals surface area contributed by atoms with E-state index in [-0.39, 0.29) is 19.3 Å². The third-order valence-electron chi connectivity index (χ3n) is 3.44. The average molecular weight is 352 g/mol. The Labute approximate surface area is 122 Å². The first-order chi connectivity index (χ1) is 9.20. The molecule has 0 saturated carbocycles. The molecule has 1 aromatic carbocycles. The van der Waals surface area contributed by atoms with Gasteiger partial charge in [-0.2, -0.15) is 13.2 Å². The van der Waals surface area contributed by atoms with Gasteiger partial charge in [-0.1, -0.05) is 6.07 Å². The van der Waals surface area contributed by atoms with Gasteiger partial charge in [0.05, 0.1) is 12.1 Å². The zero-order valence-electron chi connectivity index (χ0n) is 10.7. The molecule has 0 amide bonds. The Morgan fingerprint density at radius 3 is 2.70 bits per heavy atom. The minimum atomic E-state index is -4.27. The zero-order valence-corrected chi connectivity index (χ0v) is 12.3. The molecular formula is C13H13BrF3NO2. The maximum atomic E-state index is 12.9. The summed E-state index contributed by atoms with van der Waals surface area (Å²) < 4.78 is 39.3. The Bertz CT molecular complexity index is 545. The number of carboxylic acids is 1. The number of aliphatic carboxylic acids is 1. The molecule has 1 unspecified atom stereocenters. The van der Waals surface area contributed by atoms with Gasteiger partial charge in [0.15, 0.2) is 0 Å². The highest BCUT2D eigenvalue weighted by Gasteiger charge is 2.44. The van der Waals surface area contributed by atoms with E-state index in [4.69, 9.17) is 5.11 Å². The minimum Gasteiger partial charge on any atom is -0.481 e. The molecule has 7 heteroatoms. The van der Waals surface area contributed by atoms with Crippen LogP contribution in [0.15, 0.2) is 16.6 Å². The van der Waals surface area contributed by atoms with Crippen LogP contribution < -0.4 is 4.90 Å². The normalized spacial score (nSPS) is 18.9. The van der Waals surface area contributed by atoms with Gasteiger partial charge >= 0.3 is 12.1 Å².